The first-order valence-corrected chi connectivity index (χ1v) is 9.14. The Labute approximate surface area is 158 Å². The van der Waals surface area contributed by atoms with Crippen LogP contribution in [-0.4, -0.2) is 23.4 Å². The van der Waals surface area contributed by atoms with Crippen LogP contribution in [0.4, 0.5) is 10.5 Å². The highest BCUT2D eigenvalue weighted by Crippen LogP contribution is 2.16. The minimum atomic E-state index is -0.265. The second kappa shape index (κ2) is 8.72. The molecule has 2 aromatic carbocycles. The maximum atomic E-state index is 12.0. The lowest BCUT2D eigenvalue weighted by molar-refractivity contribution is -0.133. The summed E-state index contributed by atoms with van der Waals surface area (Å²) in [5, 5.41) is 6.28. The highest BCUT2D eigenvalue weighted by atomic mass is 35.5. The minimum Gasteiger partial charge on any atom is -0.338 e. The molecule has 6 heteroatoms. The summed E-state index contributed by atoms with van der Waals surface area (Å²) in [4.78, 5) is 25.8. The number of nitrogens with zero attached hydrogens (tertiary/aromatic N) is 1. The van der Waals surface area contributed by atoms with Gasteiger partial charge in [-0.1, -0.05) is 35.9 Å². The summed E-state index contributed by atoms with van der Waals surface area (Å²) in [6.45, 7) is 1.88. The Kier molecular flexibility index (Phi) is 6.12. The fourth-order valence-corrected chi connectivity index (χ4v) is 3.03. The van der Waals surface area contributed by atoms with Crippen LogP contribution >= 0.6 is 11.6 Å². The van der Waals surface area contributed by atoms with Gasteiger partial charge < -0.3 is 15.5 Å². The molecule has 1 saturated heterocycles. The predicted molar refractivity (Wildman–Crippen MR) is 103 cm³/mol. The number of piperidine rings is 1. The third-order valence-electron chi connectivity index (χ3n) is 4.37. The van der Waals surface area contributed by atoms with Gasteiger partial charge in [0.25, 0.3) is 0 Å². The number of carbonyl (C=O) groups excluding carboxylic acids is 2. The molecule has 136 valence electrons. The number of halogens is 1. The Bertz CT molecular complexity index is 760. The molecule has 0 radical (unpaired) electrons. The number of rotatable bonds is 5. The number of urea groups is 1. The Balaban J connectivity index is 1.48. The minimum absolute atomic E-state index is 0.222. The molecule has 2 N–H and O–H groups in total. The third kappa shape index (κ3) is 5.23. The van der Waals surface area contributed by atoms with Crippen molar-refractivity contribution in [3.63, 3.8) is 0 Å². The molecule has 2 aromatic rings. The van der Waals surface area contributed by atoms with E-state index in [-0.39, 0.29) is 11.9 Å². The highest BCUT2D eigenvalue weighted by Gasteiger charge is 2.17. The second-order valence-electron chi connectivity index (χ2n) is 6.40. The molecule has 1 heterocycles. The fraction of sp³-hybridized carbons (Fsp3) is 0.300. The van der Waals surface area contributed by atoms with Crippen molar-refractivity contribution in [2.75, 3.05) is 11.9 Å². The molecule has 0 bridgehead atoms. The highest BCUT2D eigenvalue weighted by molar-refractivity contribution is 6.30. The summed E-state index contributed by atoms with van der Waals surface area (Å²) in [6.07, 6.45) is 2.70. The molecule has 0 aliphatic carbocycles. The average molecular weight is 372 g/mol. The molecule has 1 aliphatic rings. The van der Waals surface area contributed by atoms with Gasteiger partial charge in [0, 0.05) is 36.8 Å². The maximum absolute atomic E-state index is 12.0. The van der Waals surface area contributed by atoms with Crippen molar-refractivity contribution >= 4 is 29.2 Å². The summed E-state index contributed by atoms with van der Waals surface area (Å²) in [6, 6.07) is 14.7. The van der Waals surface area contributed by atoms with Crippen molar-refractivity contribution in [3.8, 4) is 0 Å². The van der Waals surface area contributed by atoms with Gasteiger partial charge in [0.1, 0.15) is 0 Å². The Morgan fingerprint density at radius 1 is 1.00 bits per heavy atom. The monoisotopic (exact) mass is 371 g/mol. The molecule has 1 aliphatic heterocycles. The van der Waals surface area contributed by atoms with E-state index in [1.807, 2.05) is 41.3 Å². The summed E-state index contributed by atoms with van der Waals surface area (Å²) in [5.41, 5.74) is 2.76. The number of hydrogen-bond acceptors (Lipinski definition) is 2. The second-order valence-corrected chi connectivity index (χ2v) is 6.84. The lowest BCUT2D eigenvalue weighted by Crippen LogP contribution is -2.34. The van der Waals surface area contributed by atoms with Crippen LogP contribution in [0.1, 0.15) is 30.4 Å². The van der Waals surface area contributed by atoms with Crippen molar-refractivity contribution in [1.82, 2.24) is 10.2 Å². The van der Waals surface area contributed by atoms with Gasteiger partial charge in [-0.05, 0) is 48.2 Å². The van der Waals surface area contributed by atoms with Gasteiger partial charge in [-0.15, -0.1) is 0 Å². The van der Waals surface area contributed by atoms with Crippen LogP contribution in [0, 0.1) is 0 Å². The molecule has 3 amide bonds. The molecular formula is C20H22ClN3O2. The van der Waals surface area contributed by atoms with Gasteiger partial charge in [0.2, 0.25) is 5.91 Å². The van der Waals surface area contributed by atoms with Gasteiger partial charge in [0.05, 0.1) is 0 Å². The average Bonchev–Trinajstić information content (AvgIpc) is 2.65. The van der Waals surface area contributed by atoms with Crippen LogP contribution in [0.5, 0.6) is 0 Å². The van der Waals surface area contributed by atoms with Crippen LogP contribution in [0.3, 0.4) is 0 Å². The lowest BCUT2D eigenvalue weighted by atomic mass is 10.1. The molecule has 0 saturated carbocycles. The van der Waals surface area contributed by atoms with Crippen LogP contribution in [-0.2, 0) is 17.9 Å². The zero-order valence-electron chi connectivity index (χ0n) is 14.5. The number of carbonyl (C=O) groups is 2. The molecule has 1 fully saturated rings. The van der Waals surface area contributed by atoms with E-state index in [0.29, 0.717) is 30.2 Å². The lowest BCUT2D eigenvalue weighted by Gasteiger charge is -2.26. The van der Waals surface area contributed by atoms with Crippen molar-refractivity contribution in [2.24, 2.45) is 0 Å². The first-order chi connectivity index (χ1) is 12.6. The fourth-order valence-electron chi connectivity index (χ4n) is 2.90. The van der Waals surface area contributed by atoms with Gasteiger partial charge in [-0.3, -0.25) is 4.79 Å². The molecule has 5 nitrogen and oxygen atoms in total. The molecule has 0 unspecified atom stereocenters. The van der Waals surface area contributed by atoms with Gasteiger partial charge >= 0.3 is 6.03 Å². The van der Waals surface area contributed by atoms with Gasteiger partial charge in [-0.25, -0.2) is 4.79 Å². The first-order valence-electron chi connectivity index (χ1n) is 8.76. The molecule has 26 heavy (non-hydrogen) atoms. The number of amides is 3. The number of benzene rings is 2. The van der Waals surface area contributed by atoms with E-state index in [1.165, 1.54) is 0 Å². The smallest absolute Gasteiger partial charge is 0.319 e. The van der Waals surface area contributed by atoms with Crippen molar-refractivity contribution < 1.29 is 9.59 Å². The molecular weight excluding hydrogens is 350 g/mol. The Hall–Kier alpha value is -2.53. The molecule has 0 aromatic heterocycles. The number of likely N-dealkylation sites (tertiary alicyclic amines) is 1. The summed E-state index contributed by atoms with van der Waals surface area (Å²) in [7, 11) is 0. The predicted octanol–water partition coefficient (Wildman–Crippen LogP) is 4.17. The number of hydrogen-bond donors (Lipinski definition) is 2. The van der Waals surface area contributed by atoms with E-state index < -0.39 is 0 Å². The zero-order chi connectivity index (χ0) is 18.4. The van der Waals surface area contributed by atoms with E-state index >= 15 is 0 Å². The van der Waals surface area contributed by atoms with Gasteiger partial charge in [-0.2, -0.15) is 0 Å². The third-order valence-corrected chi connectivity index (χ3v) is 4.62. The largest absolute Gasteiger partial charge is 0.338 e. The maximum Gasteiger partial charge on any atom is 0.319 e. The molecule has 0 spiro atoms. The standard InChI is InChI=1S/C20H22ClN3O2/c21-17-8-4-15(5-9-17)13-22-20(26)23-18-10-6-16(7-11-18)14-24-12-2-1-3-19(24)25/h4-11H,1-3,12-14H2,(H2,22,23,26). The van der Waals surface area contributed by atoms with Crippen LogP contribution in [0.15, 0.2) is 48.5 Å². The summed E-state index contributed by atoms with van der Waals surface area (Å²) < 4.78 is 0. The van der Waals surface area contributed by atoms with E-state index in [0.717, 1.165) is 30.5 Å². The van der Waals surface area contributed by atoms with E-state index in [2.05, 4.69) is 10.6 Å². The normalized spacial score (nSPS) is 14.2. The van der Waals surface area contributed by atoms with E-state index in [4.69, 9.17) is 11.6 Å². The quantitative estimate of drug-likeness (QED) is 0.828. The molecule has 3 rings (SSSR count). The van der Waals surface area contributed by atoms with Crippen molar-refractivity contribution in [1.29, 1.82) is 0 Å². The van der Waals surface area contributed by atoms with Crippen LogP contribution in [0.25, 0.3) is 0 Å². The Morgan fingerprint density at radius 2 is 1.69 bits per heavy atom. The van der Waals surface area contributed by atoms with E-state index in [9.17, 15) is 9.59 Å². The SMILES string of the molecule is O=C(NCc1ccc(Cl)cc1)Nc1ccc(CN2CCCCC2=O)cc1. The summed E-state index contributed by atoms with van der Waals surface area (Å²) in [5.74, 6) is 0.222. The number of anilines is 1. The topological polar surface area (TPSA) is 61.4 Å². The van der Waals surface area contributed by atoms with Crippen LogP contribution < -0.4 is 10.6 Å². The molecule has 0 atom stereocenters. The number of nitrogens with one attached hydrogen (secondary N) is 2. The Morgan fingerprint density at radius 3 is 2.38 bits per heavy atom. The van der Waals surface area contributed by atoms with Crippen LogP contribution in [0.2, 0.25) is 5.02 Å². The van der Waals surface area contributed by atoms with E-state index in [1.54, 1.807) is 12.1 Å². The summed E-state index contributed by atoms with van der Waals surface area (Å²) >= 11 is 5.84. The van der Waals surface area contributed by atoms with Crippen molar-refractivity contribution in [3.05, 3.63) is 64.7 Å². The van der Waals surface area contributed by atoms with Gasteiger partial charge in [0.15, 0.2) is 0 Å². The first kappa shape index (κ1) is 18.3. The van der Waals surface area contributed by atoms with Crippen molar-refractivity contribution in [2.45, 2.75) is 32.4 Å². The zero-order valence-corrected chi connectivity index (χ0v) is 15.3.